The molecule has 162 valence electrons. The molecule has 1 heterocycles. The molecule has 1 aliphatic heterocycles. The molecule has 0 spiro atoms. The van der Waals surface area contributed by atoms with Crippen LogP contribution in [0.15, 0.2) is 59.5 Å². The van der Waals surface area contributed by atoms with E-state index < -0.39 is 0 Å². The molecule has 1 fully saturated rings. The number of aliphatic hydroxyl groups is 1. The smallest absolute Gasteiger partial charge is 0.266 e. The first-order valence-corrected chi connectivity index (χ1v) is 11.6. The Hall–Kier alpha value is -2.48. The summed E-state index contributed by atoms with van der Waals surface area (Å²) in [5.74, 6) is -0.200. The van der Waals surface area contributed by atoms with Gasteiger partial charge in [-0.25, -0.2) is 0 Å². The van der Waals surface area contributed by atoms with Crippen molar-refractivity contribution in [2.24, 2.45) is 0 Å². The molecule has 0 atom stereocenters. The van der Waals surface area contributed by atoms with Crippen molar-refractivity contribution in [1.82, 2.24) is 4.90 Å². The van der Waals surface area contributed by atoms with Crippen LogP contribution in [0, 0.1) is 0 Å². The highest BCUT2D eigenvalue weighted by atomic mass is 32.2. The van der Waals surface area contributed by atoms with Gasteiger partial charge in [0.2, 0.25) is 5.91 Å². The normalized spacial score (nSPS) is 15.0. The number of benzene rings is 2. The van der Waals surface area contributed by atoms with E-state index in [0.29, 0.717) is 22.2 Å². The van der Waals surface area contributed by atoms with E-state index in [9.17, 15) is 14.7 Å². The number of carbonyl (C=O) groups is 2. The molecule has 2 aromatic carbocycles. The molecule has 1 saturated heterocycles. The van der Waals surface area contributed by atoms with Gasteiger partial charge < -0.3 is 10.0 Å². The fraction of sp³-hybridized carbons (Fsp3) is 0.292. The summed E-state index contributed by atoms with van der Waals surface area (Å²) in [4.78, 5) is 29.2. The molecule has 5 nitrogen and oxygen atoms in total. The molecule has 1 aliphatic rings. The Bertz CT molecular complexity index is 959. The topological polar surface area (TPSA) is 60.9 Å². The Morgan fingerprint density at radius 3 is 2.52 bits per heavy atom. The van der Waals surface area contributed by atoms with Crippen LogP contribution in [0.2, 0.25) is 0 Å². The molecule has 0 saturated carbocycles. The number of aryl methyl sites for hydroxylation is 1. The van der Waals surface area contributed by atoms with Gasteiger partial charge in [-0.05, 0) is 42.2 Å². The van der Waals surface area contributed by atoms with E-state index in [1.807, 2.05) is 48.5 Å². The molecule has 0 radical (unpaired) electrons. The molecule has 2 amide bonds. The van der Waals surface area contributed by atoms with Crippen molar-refractivity contribution in [1.29, 1.82) is 0 Å². The van der Waals surface area contributed by atoms with Crippen LogP contribution in [0.5, 0.6) is 0 Å². The van der Waals surface area contributed by atoms with Gasteiger partial charge >= 0.3 is 0 Å². The highest BCUT2D eigenvalue weighted by Gasteiger charge is 2.31. The lowest BCUT2D eigenvalue weighted by Crippen LogP contribution is -2.35. The Kier molecular flexibility index (Phi) is 8.40. The zero-order chi connectivity index (χ0) is 22.2. The standard InChI is InChI=1S/C24H26N2O3S2/c1-2-18-10-12-19(13-11-18)17-21-23(29)26(24(30)31-21)14-6-9-22(28)25(15-16-27)20-7-4-3-5-8-20/h3-5,7-8,10-13,17,27H,2,6,9,14-16H2,1H3. The molecule has 0 bridgehead atoms. The van der Waals surface area contributed by atoms with E-state index >= 15 is 0 Å². The third kappa shape index (κ3) is 6.03. The van der Waals surface area contributed by atoms with E-state index in [1.54, 1.807) is 9.80 Å². The van der Waals surface area contributed by atoms with E-state index in [-0.39, 0.29) is 31.4 Å². The Morgan fingerprint density at radius 1 is 1.16 bits per heavy atom. The first-order chi connectivity index (χ1) is 15.0. The maximum absolute atomic E-state index is 12.8. The van der Waals surface area contributed by atoms with E-state index in [0.717, 1.165) is 17.7 Å². The van der Waals surface area contributed by atoms with Crippen molar-refractivity contribution >= 4 is 51.9 Å². The van der Waals surface area contributed by atoms with E-state index in [1.165, 1.54) is 17.3 Å². The molecular formula is C24H26N2O3S2. The molecule has 7 heteroatoms. The summed E-state index contributed by atoms with van der Waals surface area (Å²) >= 11 is 6.70. The number of nitrogens with zero attached hydrogens (tertiary/aromatic N) is 2. The number of rotatable bonds is 9. The van der Waals surface area contributed by atoms with Crippen molar-refractivity contribution in [3.05, 3.63) is 70.6 Å². The minimum atomic E-state index is -0.114. The lowest BCUT2D eigenvalue weighted by molar-refractivity contribution is -0.123. The number of hydrogen-bond donors (Lipinski definition) is 1. The highest BCUT2D eigenvalue weighted by Crippen LogP contribution is 2.32. The van der Waals surface area contributed by atoms with Crippen LogP contribution in [-0.4, -0.2) is 45.8 Å². The largest absolute Gasteiger partial charge is 0.395 e. The second-order valence-electron chi connectivity index (χ2n) is 7.14. The zero-order valence-corrected chi connectivity index (χ0v) is 19.1. The number of amides is 2. The molecule has 0 aromatic heterocycles. The van der Waals surface area contributed by atoms with Crippen molar-refractivity contribution in [3.8, 4) is 0 Å². The summed E-state index contributed by atoms with van der Waals surface area (Å²) in [6.45, 7) is 2.63. The number of hydrogen-bond acceptors (Lipinski definition) is 5. The average molecular weight is 455 g/mol. The maximum atomic E-state index is 12.8. The number of anilines is 1. The summed E-state index contributed by atoms with van der Waals surface area (Å²) in [7, 11) is 0. The predicted molar refractivity (Wildman–Crippen MR) is 131 cm³/mol. The minimum absolute atomic E-state index is 0.0859. The number of carbonyl (C=O) groups excluding carboxylic acids is 2. The lowest BCUT2D eigenvalue weighted by Gasteiger charge is -2.22. The Morgan fingerprint density at radius 2 is 1.87 bits per heavy atom. The molecule has 2 aromatic rings. The molecule has 0 aliphatic carbocycles. The van der Waals surface area contributed by atoms with Gasteiger partial charge in [0.1, 0.15) is 4.32 Å². The van der Waals surface area contributed by atoms with Crippen LogP contribution in [0.25, 0.3) is 6.08 Å². The summed E-state index contributed by atoms with van der Waals surface area (Å²) in [6.07, 6.45) is 3.60. The van der Waals surface area contributed by atoms with Crippen molar-refractivity contribution in [2.45, 2.75) is 26.2 Å². The first kappa shape index (κ1) is 23.2. The SMILES string of the molecule is CCc1ccc(C=C2SC(=S)N(CCCC(=O)N(CCO)c3ccccc3)C2=O)cc1. The quantitative estimate of drug-likeness (QED) is 0.453. The van der Waals surface area contributed by atoms with Crippen LogP contribution < -0.4 is 4.90 Å². The first-order valence-electron chi connectivity index (χ1n) is 10.3. The molecule has 0 unspecified atom stereocenters. The van der Waals surface area contributed by atoms with Gasteiger partial charge in [0, 0.05) is 25.2 Å². The minimum Gasteiger partial charge on any atom is -0.395 e. The van der Waals surface area contributed by atoms with Crippen LogP contribution >= 0.6 is 24.0 Å². The van der Waals surface area contributed by atoms with Gasteiger partial charge in [-0.2, -0.15) is 0 Å². The summed E-state index contributed by atoms with van der Waals surface area (Å²) in [5, 5.41) is 9.32. The zero-order valence-electron chi connectivity index (χ0n) is 17.5. The van der Waals surface area contributed by atoms with Gasteiger partial charge in [0.05, 0.1) is 11.5 Å². The number of para-hydroxylation sites is 1. The van der Waals surface area contributed by atoms with Crippen molar-refractivity contribution in [3.63, 3.8) is 0 Å². The third-order valence-electron chi connectivity index (χ3n) is 5.02. The van der Waals surface area contributed by atoms with Gasteiger partial charge in [-0.1, -0.05) is 73.4 Å². The van der Waals surface area contributed by atoms with Crippen LogP contribution in [0.3, 0.4) is 0 Å². The average Bonchev–Trinajstić information content (AvgIpc) is 3.05. The second-order valence-corrected chi connectivity index (χ2v) is 8.81. The van der Waals surface area contributed by atoms with Crippen molar-refractivity contribution < 1.29 is 14.7 Å². The Labute approximate surface area is 192 Å². The second kappa shape index (κ2) is 11.2. The number of aliphatic hydroxyl groups excluding tert-OH is 1. The predicted octanol–water partition coefficient (Wildman–Crippen LogP) is 4.26. The van der Waals surface area contributed by atoms with E-state index in [4.69, 9.17) is 12.2 Å². The fourth-order valence-electron chi connectivity index (χ4n) is 3.32. The highest BCUT2D eigenvalue weighted by molar-refractivity contribution is 8.26. The fourth-order valence-corrected chi connectivity index (χ4v) is 4.63. The number of thioether (sulfide) groups is 1. The third-order valence-corrected chi connectivity index (χ3v) is 6.40. The van der Waals surface area contributed by atoms with Crippen LogP contribution in [0.1, 0.15) is 30.9 Å². The summed E-state index contributed by atoms with van der Waals surface area (Å²) < 4.78 is 0.518. The monoisotopic (exact) mass is 454 g/mol. The molecule has 1 N–H and O–H groups in total. The van der Waals surface area contributed by atoms with Gasteiger partial charge in [-0.15, -0.1) is 0 Å². The van der Waals surface area contributed by atoms with Crippen LogP contribution in [0.4, 0.5) is 5.69 Å². The van der Waals surface area contributed by atoms with Gasteiger partial charge in [0.25, 0.3) is 5.91 Å². The van der Waals surface area contributed by atoms with Gasteiger partial charge in [-0.3, -0.25) is 14.5 Å². The lowest BCUT2D eigenvalue weighted by atomic mass is 10.1. The molecule has 31 heavy (non-hydrogen) atoms. The van der Waals surface area contributed by atoms with Crippen molar-refractivity contribution in [2.75, 3.05) is 24.6 Å². The molecule has 3 rings (SSSR count). The maximum Gasteiger partial charge on any atom is 0.266 e. The van der Waals surface area contributed by atoms with Gasteiger partial charge in [0.15, 0.2) is 0 Å². The summed E-state index contributed by atoms with van der Waals surface area (Å²) in [6, 6.07) is 17.4. The molecular weight excluding hydrogens is 428 g/mol. The number of thiocarbonyl (C=S) groups is 1. The summed E-state index contributed by atoms with van der Waals surface area (Å²) in [5.41, 5.74) is 2.97. The Balaban J connectivity index is 1.58. The van der Waals surface area contributed by atoms with E-state index in [2.05, 4.69) is 19.1 Å². The van der Waals surface area contributed by atoms with Crippen LogP contribution in [-0.2, 0) is 16.0 Å².